The van der Waals surface area contributed by atoms with Gasteiger partial charge < -0.3 is 20.5 Å². The van der Waals surface area contributed by atoms with Crippen LogP contribution in [0.1, 0.15) is 81.4 Å². The van der Waals surface area contributed by atoms with Gasteiger partial charge in [0.2, 0.25) is 5.88 Å². The summed E-state index contributed by atoms with van der Waals surface area (Å²) >= 11 is 0. The van der Waals surface area contributed by atoms with E-state index in [4.69, 9.17) is 15.5 Å². The molecule has 3 aliphatic rings. The number of hydrogen-bond donors (Lipinski definition) is 2. The molecule has 0 unspecified atom stereocenters. The predicted octanol–water partition coefficient (Wildman–Crippen LogP) is 6.00. The van der Waals surface area contributed by atoms with Crippen molar-refractivity contribution in [1.29, 1.82) is 0 Å². The van der Waals surface area contributed by atoms with Gasteiger partial charge in [-0.15, -0.1) is 0 Å². The summed E-state index contributed by atoms with van der Waals surface area (Å²) in [5.74, 6) is 2.18. The Kier molecular flexibility index (Phi) is 7.36. The molecule has 3 heterocycles. The molecule has 210 valence electrons. The number of aromatic nitrogens is 2. The van der Waals surface area contributed by atoms with Gasteiger partial charge in [-0.1, -0.05) is 54.6 Å². The molecule has 6 rings (SSSR count). The molecule has 2 aromatic carbocycles. The van der Waals surface area contributed by atoms with Gasteiger partial charge in [0.1, 0.15) is 11.9 Å². The number of likely N-dealkylation sites (tertiary alicyclic amines) is 1. The monoisotopic (exact) mass is 539 g/mol. The molecule has 2 fully saturated rings. The second kappa shape index (κ2) is 10.9. The van der Waals surface area contributed by atoms with Gasteiger partial charge in [0, 0.05) is 18.7 Å². The van der Waals surface area contributed by atoms with Crippen molar-refractivity contribution >= 4 is 17.2 Å². The fourth-order valence-electron chi connectivity index (χ4n) is 6.75. The number of aliphatic imine (C=N–C) groups is 1. The molecule has 1 aromatic heterocycles. The summed E-state index contributed by atoms with van der Waals surface area (Å²) in [5, 5.41) is 11.1. The minimum Gasteiger partial charge on any atom is -0.463 e. The lowest BCUT2D eigenvalue weighted by molar-refractivity contribution is -0.0270. The van der Waals surface area contributed by atoms with Crippen molar-refractivity contribution in [3.05, 3.63) is 77.6 Å². The molecule has 1 saturated heterocycles. The summed E-state index contributed by atoms with van der Waals surface area (Å²) in [6, 6.07) is 19.1. The van der Waals surface area contributed by atoms with Crippen LogP contribution in [0.5, 0.6) is 5.88 Å². The summed E-state index contributed by atoms with van der Waals surface area (Å²) in [6.45, 7) is 7.12. The van der Waals surface area contributed by atoms with Crippen molar-refractivity contribution in [2.45, 2.75) is 75.9 Å². The molecule has 0 amide bonds. The number of nitrogens with zero attached hydrogens (tertiary/aromatic N) is 4. The summed E-state index contributed by atoms with van der Waals surface area (Å²) < 4.78 is 6.14. The first-order valence-corrected chi connectivity index (χ1v) is 14.8. The number of piperidine rings is 1. The highest BCUT2D eigenvalue weighted by molar-refractivity contribution is 6.09. The Balaban J connectivity index is 1.01. The molecule has 0 atom stereocenters. The van der Waals surface area contributed by atoms with Crippen LogP contribution in [0.3, 0.4) is 0 Å². The lowest BCUT2D eigenvalue weighted by Gasteiger charge is -2.39. The third kappa shape index (κ3) is 5.50. The van der Waals surface area contributed by atoms with Crippen LogP contribution in [0.15, 0.2) is 65.9 Å². The molecule has 0 spiro atoms. The van der Waals surface area contributed by atoms with E-state index in [0.29, 0.717) is 23.3 Å². The minimum atomic E-state index is -0.663. The molecule has 0 bridgehead atoms. The second-order valence-corrected chi connectivity index (χ2v) is 12.4. The lowest BCUT2D eigenvalue weighted by atomic mass is 9.77. The Hall–Kier alpha value is -3.29. The average molecular weight is 540 g/mol. The van der Waals surface area contributed by atoms with Crippen molar-refractivity contribution < 1.29 is 9.84 Å². The van der Waals surface area contributed by atoms with Crippen molar-refractivity contribution in [2.75, 3.05) is 25.4 Å². The molecule has 3 N–H and O–H groups in total. The average Bonchev–Trinajstić information content (AvgIpc) is 2.97. The third-order valence-electron chi connectivity index (χ3n) is 9.31. The van der Waals surface area contributed by atoms with Crippen molar-refractivity contribution in [2.24, 2.45) is 10.9 Å². The van der Waals surface area contributed by atoms with Crippen LogP contribution in [0, 0.1) is 5.92 Å². The molecule has 7 heteroatoms. The Morgan fingerprint density at radius 2 is 1.65 bits per heavy atom. The number of ether oxygens (including phenoxy) is 1. The van der Waals surface area contributed by atoms with Gasteiger partial charge in [-0.25, -0.2) is 9.98 Å². The van der Waals surface area contributed by atoms with Crippen LogP contribution < -0.4 is 10.5 Å². The van der Waals surface area contributed by atoms with E-state index >= 15 is 0 Å². The van der Waals surface area contributed by atoms with Crippen LogP contribution in [0.2, 0.25) is 0 Å². The maximum Gasteiger partial charge on any atom is 0.246 e. The molecule has 3 aromatic rings. The van der Waals surface area contributed by atoms with E-state index in [-0.39, 0.29) is 0 Å². The maximum atomic E-state index is 11.1. The summed E-state index contributed by atoms with van der Waals surface area (Å²) in [4.78, 5) is 15.7. The van der Waals surface area contributed by atoms with Gasteiger partial charge in [-0.2, -0.15) is 4.98 Å². The molecule has 0 radical (unpaired) electrons. The number of anilines is 1. The Labute approximate surface area is 237 Å². The van der Waals surface area contributed by atoms with Crippen molar-refractivity contribution in [3.63, 3.8) is 0 Å². The second-order valence-electron chi connectivity index (χ2n) is 12.4. The number of fused-ring (bicyclic) bond motifs is 1. The highest BCUT2D eigenvalue weighted by atomic mass is 16.5. The summed E-state index contributed by atoms with van der Waals surface area (Å²) in [7, 11) is 0. The zero-order valence-electron chi connectivity index (χ0n) is 23.7. The van der Waals surface area contributed by atoms with Crippen LogP contribution in [0.25, 0.3) is 0 Å². The molecule has 2 aliphatic heterocycles. The SMILES string of the molecule is CC1(C)Oc2ncnc(N)c2N=C1c1ccc(C2CCC(CCN3CCC(O)(c4ccccc4)CC3)CC2)cc1. The molecular formula is C33H41N5O2. The normalized spacial score (nSPS) is 24.0. The van der Waals surface area contributed by atoms with Crippen molar-refractivity contribution in [3.8, 4) is 5.88 Å². The van der Waals surface area contributed by atoms with Gasteiger partial charge in [0.15, 0.2) is 11.5 Å². The zero-order valence-corrected chi connectivity index (χ0v) is 23.7. The van der Waals surface area contributed by atoms with E-state index in [1.807, 2.05) is 32.0 Å². The fraction of sp³-hybridized carbons (Fsp3) is 0.485. The van der Waals surface area contributed by atoms with Crippen LogP contribution >= 0.6 is 0 Å². The van der Waals surface area contributed by atoms with Gasteiger partial charge in [-0.05, 0) is 88.3 Å². The number of hydrogen-bond acceptors (Lipinski definition) is 7. The Morgan fingerprint density at radius 1 is 0.950 bits per heavy atom. The topological polar surface area (TPSA) is 96.9 Å². The number of rotatable bonds is 6. The van der Waals surface area contributed by atoms with E-state index in [1.165, 1.54) is 44.0 Å². The zero-order chi connectivity index (χ0) is 27.7. The van der Waals surface area contributed by atoms with E-state index in [0.717, 1.165) is 55.2 Å². The van der Waals surface area contributed by atoms with Crippen LogP contribution in [-0.4, -0.2) is 50.9 Å². The van der Waals surface area contributed by atoms with E-state index in [9.17, 15) is 5.11 Å². The standard InChI is InChI=1S/C33H41N5O2/c1-32(2)29(37-28-30(34)35-22-36-31(28)40-32)26-14-12-25(13-15-26)24-10-8-23(9-11-24)16-19-38-20-17-33(39,18-21-38)27-6-4-3-5-7-27/h3-7,12-15,22-24,39H,8-11,16-21H2,1-2H3,(H2,34,35,36). The molecule has 7 nitrogen and oxygen atoms in total. The summed E-state index contributed by atoms with van der Waals surface area (Å²) in [6.07, 6.45) is 9.39. The van der Waals surface area contributed by atoms with Gasteiger partial charge >= 0.3 is 0 Å². The van der Waals surface area contributed by atoms with Gasteiger partial charge in [0.25, 0.3) is 0 Å². The van der Waals surface area contributed by atoms with Crippen LogP contribution in [0.4, 0.5) is 11.5 Å². The molecular weight excluding hydrogens is 498 g/mol. The first-order chi connectivity index (χ1) is 19.3. The minimum absolute atomic E-state index is 0.334. The highest BCUT2D eigenvalue weighted by Crippen LogP contribution is 2.41. The molecule has 1 aliphatic carbocycles. The maximum absolute atomic E-state index is 11.1. The first kappa shape index (κ1) is 26.9. The van der Waals surface area contributed by atoms with Crippen LogP contribution in [-0.2, 0) is 5.60 Å². The molecule has 40 heavy (non-hydrogen) atoms. The fourth-order valence-corrected chi connectivity index (χ4v) is 6.75. The van der Waals surface area contributed by atoms with Crippen molar-refractivity contribution in [1.82, 2.24) is 14.9 Å². The van der Waals surface area contributed by atoms with E-state index < -0.39 is 11.2 Å². The molecule has 1 saturated carbocycles. The van der Waals surface area contributed by atoms with Gasteiger partial charge in [-0.3, -0.25) is 0 Å². The smallest absolute Gasteiger partial charge is 0.246 e. The Bertz CT molecular complexity index is 1340. The van der Waals surface area contributed by atoms with E-state index in [1.54, 1.807) is 0 Å². The van der Waals surface area contributed by atoms with Gasteiger partial charge in [0.05, 0.1) is 11.3 Å². The largest absolute Gasteiger partial charge is 0.463 e. The first-order valence-electron chi connectivity index (χ1n) is 14.8. The van der Waals surface area contributed by atoms with E-state index in [2.05, 4.69) is 51.3 Å². The number of nitrogen functional groups attached to an aromatic ring is 1. The predicted molar refractivity (Wildman–Crippen MR) is 159 cm³/mol. The number of benzene rings is 2. The number of aliphatic hydroxyl groups is 1. The quantitative estimate of drug-likeness (QED) is 0.399. The number of nitrogens with two attached hydrogens (primary N) is 1. The third-order valence-corrected chi connectivity index (χ3v) is 9.31. The Morgan fingerprint density at radius 3 is 2.35 bits per heavy atom. The highest BCUT2D eigenvalue weighted by Gasteiger charge is 2.36. The lowest BCUT2D eigenvalue weighted by Crippen LogP contribution is -2.43. The summed E-state index contributed by atoms with van der Waals surface area (Å²) in [5.41, 5.74) is 9.65.